The molecule has 0 aromatic heterocycles. The minimum absolute atomic E-state index is 0.231. The zero-order valence-electron chi connectivity index (χ0n) is 10.3. The number of carbonyl (C=O) groups is 3. The van der Waals surface area contributed by atoms with Crippen LogP contribution in [0.1, 0.15) is 32.6 Å². The van der Waals surface area contributed by atoms with Crippen LogP contribution in [0.15, 0.2) is 0 Å². The summed E-state index contributed by atoms with van der Waals surface area (Å²) in [5.41, 5.74) is 0. The van der Waals surface area contributed by atoms with Gasteiger partial charge >= 0.3 is 18.1 Å². The van der Waals surface area contributed by atoms with E-state index < -0.39 is 18.1 Å². The van der Waals surface area contributed by atoms with Crippen molar-refractivity contribution in [3.8, 4) is 0 Å². The first-order chi connectivity index (χ1) is 8.56. The van der Waals surface area contributed by atoms with Gasteiger partial charge in [0.05, 0.1) is 19.8 Å². The lowest BCUT2D eigenvalue weighted by Crippen LogP contribution is -2.16. The van der Waals surface area contributed by atoms with Crippen LogP contribution in [0.3, 0.4) is 0 Å². The van der Waals surface area contributed by atoms with E-state index in [1.807, 2.05) is 0 Å². The fourth-order valence-corrected chi connectivity index (χ4v) is 1.10. The molecular formula is C11H18O7. The molecule has 1 fully saturated rings. The van der Waals surface area contributed by atoms with Crippen molar-refractivity contribution in [3.05, 3.63) is 0 Å². The van der Waals surface area contributed by atoms with E-state index in [1.54, 1.807) is 6.92 Å². The summed E-state index contributed by atoms with van der Waals surface area (Å²) in [7, 11) is 0. The quantitative estimate of drug-likeness (QED) is 0.432. The molecule has 0 aliphatic carbocycles. The van der Waals surface area contributed by atoms with Gasteiger partial charge in [0.1, 0.15) is 6.42 Å². The number of hydrogen-bond acceptors (Lipinski definition) is 6. The summed E-state index contributed by atoms with van der Waals surface area (Å²) < 4.78 is 13.5. The second-order valence-electron chi connectivity index (χ2n) is 3.38. The monoisotopic (exact) mass is 262 g/mol. The van der Waals surface area contributed by atoms with E-state index in [-0.39, 0.29) is 13.0 Å². The summed E-state index contributed by atoms with van der Waals surface area (Å²) in [6.45, 7) is 2.70. The van der Waals surface area contributed by atoms with Crippen LogP contribution in [0.5, 0.6) is 0 Å². The van der Waals surface area contributed by atoms with Crippen LogP contribution in [0.4, 0.5) is 4.79 Å². The number of cyclic esters (lactones) is 2. The maximum atomic E-state index is 10.8. The van der Waals surface area contributed by atoms with E-state index >= 15 is 0 Å². The van der Waals surface area contributed by atoms with E-state index in [0.29, 0.717) is 13.2 Å². The average molecular weight is 262 g/mol. The highest BCUT2D eigenvalue weighted by molar-refractivity contribution is 5.91. The predicted molar refractivity (Wildman–Crippen MR) is 60.0 cm³/mol. The van der Waals surface area contributed by atoms with E-state index in [1.165, 1.54) is 0 Å². The molecule has 18 heavy (non-hydrogen) atoms. The van der Waals surface area contributed by atoms with Crippen molar-refractivity contribution in [1.29, 1.82) is 0 Å². The molecule has 0 bridgehead atoms. The number of carbonyl (C=O) groups excluding carboxylic acids is 2. The zero-order valence-corrected chi connectivity index (χ0v) is 10.3. The molecule has 104 valence electrons. The van der Waals surface area contributed by atoms with Crippen molar-refractivity contribution < 1.29 is 33.7 Å². The molecule has 0 radical (unpaired) electrons. The van der Waals surface area contributed by atoms with Gasteiger partial charge in [-0.1, -0.05) is 0 Å². The first-order valence-corrected chi connectivity index (χ1v) is 5.73. The van der Waals surface area contributed by atoms with E-state index in [2.05, 4.69) is 4.74 Å². The number of rotatable bonds is 1. The first kappa shape index (κ1) is 16.2. The number of ether oxygens (including phenoxy) is 3. The van der Waals surface area contributed by atoms with Gasteiger partial charge in [-0.05, 0) is 26.2 Å². The van der Waals surface area contributed by atoms with Crippen LogP contribution in [-0.2, 0) is 23.8 Å². The highest BCUT2D eigenvalue weighted by Crippen LogP contribution is 2.02. The molecule has 0 aromatic carbocycles. The summed E-state index contributed by atoms with van der Waals surface area (Å²) in [5, 5.41) is 7.69. The normalized spacial score (nSPS) is 16.5. The van der Waals surface area contributed by atoms with Gasteiger partial charge in [0.2, 0.25) is 0 Å². The molecule has 1 aliphatic heterocycles. The minimum Gasteiger partial charge on any atom is -0.465 e. The van der Waals surface area contributed by atoms with Crippen LogP contribution in [0.2, 0.25) is 0 Å². The Hall–Kier alpha value is -1.79. The fraction of sp³-hybridized carbons (Fsp3) is 0.727. The maximum Gasteiger partial charge on any atom is 0.505 e. The average Bonchev–Trinajstić information content (AvgIpc) is 2.28. The summed E-state index contributed by atoms with van der Waals surface area (Å²) >= 11 is 0. The third-order valence-corrected chi connectivity index (χ3v) is 1.87. The van der Waals surface area contributed by atoms with Crippen LogP contribution in [0.25, 0.3) is 0 Å². The molecule has 7 nitrogen and oxygen atoms in total. The number of carboxylic acid groups (broad SMARTS) is 1. The maximum absolute atomic E-state index is 10.8. The Morgan fingerprint density at radius 2 is 1.67 bits per heavy atom. The summed E-state index contributed by atoms with van der Waals surface area (Å²) in [4.78, 5) is 31.0. The second kappa shape index (κ2) is 10.4. The molecule has 0 spiro atoms. The lowest BCUT2D eigenvalue weighted by molar-refractivity contribution is -0.155. The molecule has 1 heterocycles. The lowest BCUT2D eigenvalue weighted by atomic mass is 10.2. The van der Waals surface area contributed by atoms with Crippen molar-refractivity contribution in [2.24, 2.45) is 0 Å². The van der Waals surface area contributed by atoms with Gasteiger partial charge in [0, 0.05) is 0 Å². The highest BCUT2D eigenvalue weighted by Gasteiger charge is 2.12. The van der Waals surface area contributed by atoms with Crippen LogP contribution < -0.4 is 0 Å². The Morgan fingerprint density at radius 3 is 2.00 bits per heavy atom. The van der Waals surface area contributed by atoms with Crippen molar-refractivity contribution in [2.45, 2.75) is 32.6 Å². The van der Waals surface area contributed by atoms with Crippen LogP contribution in [0, 0.1) is 0 Å². The van der Waals surface area contributed by atoms with Gasteiger partial charge in [0.15, 0.2) is 0 Å². The van der Waals surface area contributed by atoms with Crippen LogP contribution >= 0.6 is 0 Å². The molecule has 0 amide bonds. The third kappa shape index (κ3) is 10.7. The Morgan fingerprint density at radius 1 is 1.17 bits per heavy atom. The molecule has 7 heteroatoms. The Balaban J connectivity index is 0.000000411. The first-order valence-electron chi connectivity index (χ1n) is 5.73. The highest BCUT2D eigenvalue weighted by atomic mass is 16.7. The third-order valence-electron chi connectivity index (χ3n) is 1.87. The smallest absolute Gasteiger partial charge is 0.465 e. The van der Waals surface area contributed by atoms with Gasteiger partial charge in [-0.3, -0.25) is 9.59 Å². The summed E-state index contributed by atoms with van der Waals surface area (Å²) in [6, 6.07) is 0. The topological polar surface area (TPSA) is 99.1 Å². The Bertz CT molecular complexity index is 257. The van der Waals surface area contributed by atoms with Crippen molar-refractivity contribution >= 4 is 18.1 Å². The molecule has 0 aromatic rings. The molecular weight excluding hydrogens is 244 g/mol. The number of esters is 2. The van der Waals surface area contributed by atoms with Crippen molar-refractivity contribution in [3.63, 3.8) is 0 Å². The molecule has 1 saturated heterocycles. The molecule has 0 unspecified atom stereocenters. The number of hydrogen-bond donors (Lipinski definition) is 1. The molecule has 1 N–H and O–H groups in total. The summed E-state index contributed by atoms with van der Waals surface area (Å²) in [6.07, 6.45) is 1.17. The second-order valence-corrected chi connectivity index (χ2v) is 3.38. The Labute approximate surface area is 105 Å². The van der Waals surface area contributed by atoms with Crippen molar-refractivity contribution in [2.75, 3.05) is 19.8 Å². The van der Waals surface area contributed by atoms with Gasteiger partial charge in [-0.15, -0.1) is 0 Å². The molecule has 1 rings (SSSR count). The molecule has 0 atom stereocenters. The standard InChI is InChI=1S/C8H12O4.C3H6O3/c9-7-6-8(10)12-5-3-1-2-4-11-7;1-2-6-3(4)5/h1-6H2;2H2,1H3,(H,4,5). The zero-order chi connectivity index (χ0) is 13.8. The van der Waals surface area contributed by atoms with Gasteiger partial charge < -0.3 is 19.3 Å². The van der Waals surface area contributed by atoms with Gasteiger partial charge in [-0.25, -0.2) is 4.79 Å². The molecule has 1 aliphatic rings. The van der Waals surface area contributed by atoms with E-state index in [4.69, 9.17) is 14.6 Å². The van der Waals surface area contributed by atoms with E-state index in [9.17, 15) is 14.4 Å². The van der Waals surface area contributed by atoms with Gasteiger partial charge in [-0.2, -0.15) is 0 Å². The Kier molecular flexibility index (Phi) is 9.34. The largest absolute Gasteiger partial charge is 0.505 e. The van der Waals surface area contributed by atoms with Crippen molar-refractivity contribution in [1.82, 2.24) is 0 Å². The summed E-state index contributed by atoms with van der Waals surface area (Å²) in [5.74, 6) is -0.969. The predicted octanol–water partition coefficient (Wildman–Crippen LogP) is 1.35. The fourth-order valence-electron chi connectivity index (χ4n) is 1.10. The van der Waals surface area contributed by atoms with Gasteiger partial charge in [0.25, 0.3) is 0 Å². The van der Waals surface area contributed by atoms with Crippen LogP contribution in [-0.4, -0.2) is 43.0 Å². The molecule has 0 saturated carbocycles. The minimum atomic E-state index is -1.21. The lowest BCUT2D eigenvalue weighted by Gasteiger charge is -2.08. The van der Waals surface area contributed by atoms with E-state index in [0.717, 1.165) is 19.3 Å². The SMILES string of the molecule is CCOC(=O)O.O=C1CC(=O)OCCCCCO1.